The molecule has 0 bridgehead atoms. The number of hydrogen-bond acceptors (Lipinski definition) is 5. The summed E-state index contributed by atoms with van der Waals surface area (Å²) in [5.41, 5.74) is 7.70. The average Bonchev–Trinajstić information content (AvgIpc) is 3.87. The summed E-state index contributed by atoms with van der Waals surface area (Å²) in [6, 6.07) is 55.0. The maximum Gasteiger partial charge on any atom is 0.167 e. The third-order valence-corrected chi connectivity index (χ3v) is 11.0. The van der Waals surface area contributed by atoms with Crippen molar-refractivity contribution in [1.82, 2.24) is 19.5 Å². The third-order valence-electron chi connectivity index (χ3n) is 9.88. The van der Waals surface area contributed by atoms with Crippen molar-refractivity contribution in [2.75, 3.05) is 0 Å². The standard InChI is InChI=1S/C45H26N4OS/c1-5-16-37-30(10-1)31-11-2-6-17-38(31)49(37)29-23-20-27(21-24-29)43-46-44(28-22-25-41-36(26-28)33-13-4-8-19-40(33)51-41)48-45(47-43)35-15-9-14-34-32-12-3-7-18-39(32)50-42(34)35/h1-26H. The Labute approximate surface area is 295 Å². The van der Waals surface area contributed by atoms with Gasteiger partial charge in [0.25, 0.3) is 0 Å². The summed E-state index contributed by atoms with van der Waals surface area (Å²) < 4.78 is 11.3. The number of thiophene rings is 1. The Morgan fingerprint density at radius 3 is 1.80 bits per heavy atom. The van der Waals surface area contributed by atoms with Gasteiger partial charge >= 0.3 is 0 Å². The van der Waals surface area contributed by atoms with Crippen molar-refractivity contribution in [3.63, 3.8) is 0 Å². The molecule has 4 heterocycles. The van der Waals surface area contributed by atoms with Gasteiger partial charge < -0.3 is 8.98 Å². The van der Waals surface area contributed by atoms with Crippen LogP contribution in [0.5, 0.6) is 0 Å². The Hall–Kier alpha value is -6.63. The Bertz CT molecular complexity index is 3100. The molecular formula is C45H26N4OS. The van der Waals surface area contributed by atoms with Gasteiger partial charge in [-0.25, -0.2) is 15.0 Å². The highest BCUT2D eigenvalue weighted by Gasteiger charge is 2.19. The molecular weight excluding hydrogens is 645 g/mol. The van der Waals surface area contributed by atoms with E-state index in [-0.39, 0.29) is 0 Å². The van der Waals surface area contributed by atoms with Crippen molar-refractivity contribution in [3.05, 3.63) is 158 Å². The largest absolute Gasteiger partial charge is 0.455 e. The maximum atomic E-state index is 6.45. The number of furan rings is 1. The summed E-state index contributed by atoms with van der Waals surface area (Å²) in [5, 5.41) is 7.01. The van der Waals surface area contributed by atoms with Crippen LogP contribution in [0.15, 0.2) is 162 Å². The van der Waals surface area contributed by atoms with Crippen LogP contribution < -0.4 is 0 Å². The van der Waals surface area contributed by atoms with E-state index in [9.17, 15) is 0 Å². The van der Waals surface area contributed by atoms with Crippen LogP contribution in [0.4, 0.5) is 0 Å². The van der Waals surface area contributed by atoms with E-state index in [0.717, 1.165) is 44.3 Å². The molecule has 0 amide bonds. The number of fused-ring (bicyclic) bond motifs is 9. The second kappa shape index (κ2) is 10.9. The van der Waals surface area contributed by atoms with Crippen LogP contribution in [0, 0.1) is 0 Å². The van der Waals surface area contributed by atoms with Crippen molar-refractivity contribution in [2.24, 2.45) is 0 Å². The molecule has 0 aliphatic heterocycles. The van der Waals surface area contributed by atoms with E-state index in [0.29, 0.717) is 17.5 Å². The highest BCUT2D eigenvalue weighted by molar-refractivity contribution is 7.25. The van der Waals surface area contributed by atoms with E-state index < -0.39 is 0 Å². The van der Waals surface area contributed by atoms with Gasteiger partial charge in [0.15, 0.2) is 17.5 Å². The molecule has 6 heteroatoms. The van der Waals surface area contributed by atoms with Crippen molar-refractivity contribution >= 4 is 75.3 Å². The predicted molar refractivity (Wildman–Crippen MR) is 211 cm³/mol. The lowest BCUT2D eigenvalue weighted by molar-refractivity contribution is 0.669. The van der Waals surface area contributed by atoms with Gasteiger partial charge in [0.05, 0.1) is 16.6 Å². The Kier molecular flexibility index (Phi) is 6.05. The molecule has 11 aromatic rings. The molecule has 4 aromatic heterocycles. The summed E-state index contributed by atoms with van der Waals surface area (Å²) in [7, 11) is 0. The smallest absolute Gasteiger partial charge is 0.167 e. The molecule has 0 unspecified atom stereocenters. The van der Waals surface area contributed by atoms with E-state index in [1.807, 2.05) is 30.3 Å². The SMILES string of the molecule is c1ccc2c(c1)oc1c(-c3nc(-c4ccc(-n5c6ccccc6c6ccccc65)cc4)nc(-c4ccc5sc6ccccc6c5c4)n3)cccc12. The van der Waals surface area contributed by atoms with E-state index >= 15 is 0 Å². The zero-order valence-electron chi connectivity index (χ0n) is 27.1. The summed E-state index contributed by atoms with van der Waals surface area (Å²) in [5.74, 6) is 1.79. The van der Waals surface area contributed by atoms with Crippen LogP contribution in [-0.2, 0) is 0 Å². The molecule has 0 aliphatic carbocycles. The fraction of sp³-hybridized carbons (Fsp3) is 0. The molecule has 0 aliphatic rings. The topological polar surface area (TPSA) is 56.7 Å². The van der Waals surface area contributed by atoms with Crippen LogP contribution in [0.2, 0.25) is 0 Å². The minimum absolute atomic E-state index is 0.571. The van der Waals surface area contributed by atoms with E-state index in [1.165, 1.54) is 42.0 Å². The minimum atomic E-state index is 0.571. The van der Waals surface area contributed by atoms with Gasteiger partial charge in [0.1, 0.15) is 11.2 Å². The van der Waals surface area contributed by atoms with Gasteiger partial charge in [0.2, 0.25) is 0 Å². The van der Waals surface area contributed by atoms with Gasteiger partial charge in [-0.05, 0) is 72.8 Å². The van der Waals surface area contributed by atoms with Crippen LogP contribution >= 0.6 is 11.3 Å². The zero-order valence-corrected chi connectivity index (χ0v) is 27.9. The summed E-state index contributed by atoms with van der Waals surface area (Å²) in [6.07, 6.45) is 0. The summed E-state index contributed by atoms with van der Waals surface area (Å²) >= 11 is 1.80. The summed E-state index contributed by atoms with van der Waals surface area (Å²) in [4.78, 5) is 15.4. The lowest BCUT2D eigenvalue weighted by Gasteiger charge is -2.11. The Balaban J connectivity index is 1.11. The van der Waals surface area contributed by atoms with E-state index in [1.54, 1.807) is 11.3 Å². The fourth-order valence-electron chi connectivity index (χ4n) is 7.50. The second-order valence-corrected chi connectivity index (χ2v) is 13.9. The number of rotatable bonds is 4. The van der Waals surface area contributed by atoms with Crippen LogP contribution in [0.3, 0.4) is 0 Å². The van der Waals surface area contributed by atoms with Gasteiger partial charge in [-0.2, -0.15) is 0 Å². The average molecular weight is 671 g/mol. The Morgan fingerprint density at radius 2 is 1.02 bits per heavy atom. The minimum Gasteiger partial charge on any atom is -0.455 e. The zero-order chi connectivity index (χ0) is 33.5. The predicted octanol–water partition coefficient (Wildman–Crippen LogP) is 12.2. The lowest BCUT2D eigenvalue weighted by atomic mass is 10.1. The molecule has 0 atom stereocenters. The van der Waals surface area contributed by atoms with Gasteiger partial charge in [0, 0.05) is 58.5 Å². The molecule has 51 heavy (non-hydrogen) atoms. The van der Waals surface area contributed by atoms with Crippen molar-refractivity contribution in [1.29, 1.82) is 0 Å². The first-order valence-electron chi connectivity index (χ1n) is 16.9. The molecule has 0 spiro atoms. The lowest BCUT2D eigenvalue weighted by Crippen LogP contribution is -2.01. The molecule has 11 rings (SSSR count). The van der Waals surface area contributed by atoms with Crippen molar-refractivity contribution < 1.29 is 4.42 Å². The number of hydrogen-bond donors (Lipinski definition) is 0. The monoisotopic (exact) mass is 670 g/mol. The van der Waals surface area contributed by atoms with Crippen LogP contribution in [0.25, 0.3) is 104 Å². The quantitative estimate of drug-likeness (QED) is 0.187. The molecule has 0 saturated heterocycles. The molecule has 0 radical (unpaired) electrons. The van der Waals surface area contributed by atoms with E-state index in [4.69, 9.17) is 19.4 Å². The van der Waals surface area contributed by atoms with Crippen LogP contribution in [-0.4, -0.2) is 19.5 Å². The van der Waals surface area contributed by atoms with Crippen molar-refractivity contribution in [2.45, 2.75) is 0 Å². The second-order valence-electron chi connectivity index (χ2n) is 12.8. The number of nitrogens with zero attached hydrogens (tertiary/aromatic N) is 4. The summed E-state index contributed by atoms with van der Waals surface area (Å²) in [6.45, 7) is 0. The van der Waals surface area contributed by atoms with Crippen LogP contribution in [0.1, 0.15) is 0 Å². The first-order chi connectivity index (χ1) is 25.3. The highest BCUT2D eigenvalue weighted by Crippen LogP contribution is 2.39. The first kappa shape index (κ1) is 28.2. The van der Waals surface area contributed by atoms with Gasteiger partial charge in [-0.3, -0.25) is 0 Å². The number of para-hydroxylation sites is 4. The highest BCUT2D eigenvalue weighted by atomic mass is 32.1. The normalized spacial score (nSPS) is 11.9. The molecule has 7 aromatic carbocycles. The Morgan fingerprint density at radius 1 is 0.431 bits per heavy atom. The third kappa shape index (κ3) is 4.37. The number of aromatic nitrogens is 4. The molecule has 0 saturated carbocycles. The fourth-order valence-corrected chi connectivity index (χ4v) is 8.59. The van der Waals surface area contributed by atoms with E-state index in [2.05, 4.69) is 132 Å². The van der Waals surface area contributed by atoms with Gasteiger partial charge in [-0.15, -0.1) is 11.3 Å². The van der Waals surface area contributed by atoms with Crippen molar-refractivity contribution in [3.8, 4) is 39.9 Å². The number of benzene rings is 7. The molecule has 0 fully saturated rings. The maximum absolute atomic E-state index is 6.45. The molecule has 238 valence electrons. The molecule has 5 nitrogen and oxygen atoms in total. The molecule has 0 N–H and O–H groups in total. The first-order valence-corrected chi connectivity index (χ1v) is 17.8. The van der Waals surface area contributed by atoms with Gasteiger partial charge in [-0.1, -0.05) is 84.9 Å².